The Bertz CT molecular complexity index is 957. The molecule has 0 atom stereocenters. The summed E-state index contributed by atoms with van der Waals surface area (Å²) in [6.45, 7) is 4.27. The Morgan fingerprint density at radius 3 is 2.43 bits per heavy atom. The summed E-state index contributed by atoms with van der Waals surface area (Å²) < 4.78 is 5.93. The number of nitrogens with one attached hydrogen (secondary N) is 2. The molecule has 0 aliphatic rings. The molecule has 2 amide bonds. The van der Waals surface area contributed by atoms with Crippen molar-refractivity contribution in [1.82, 2.24) is 20.4 Å². The van der Waals surface area contributed by atoms with E-state index in [2.05, 4.69) is 31.0 Å². The Labute approximate surface area is 172 Å². The highest BCUT2D eigenvalue weighted by atomic mass is 32.2. The normalized spacial score (nSPS) is 10.5. The van der Waals surface area contributed by atoms with E-state index in [1.54, 1.807) is 24.3 Å². The van der Waals surface area contributed by atoms with Gasteiger partial charge in [-0.05, 0) is 38.1 Å². The van der Waals surface area contributed by atoms with Crippen molar-refractivity contribution in [2.24, 2.45) is 0 Å². The van der Waals surface area contributed by atoms with E-state index in [1.165, 1.54) is 34.4 Å². The maximum absolute atomic E-state index is 12.3. The topological polar surface area (TPSA) is 119 Å². The largest absolute Gasteiger partial charge is 0.494 e. The van der Waals surface area contributed by atoms with Crippen LogP contribution in [0, 0.1) is 6.92 Å². The van der Waals surface area contributed by atoms with Gasteiger partial charge in [-0.15, -0.1) is 20.4 Å². The third kappa shape index (κ3) is 5.71. The predicted molar refractivity (Wildman–Crippen MR) is 109 cm³/mol. The van der Waals surface area contributed by atoms with Crippen molar-refractivity contribution in [3.05, 3.63) is 34.8 Å². The highest BCUT2D eigenvalue weighted by Crippen LogP contribution is 2.26. The van der Waals surface area contributed by atoms with Gasteiger partial charge in [-0.3, -0.25) is 20.2 Å². The second-order valence-electron chi connectivity index (χ2n) is 5.25. The van der Waals surface area contributed by atoms with E-state index in [1.807, 2.05) is 13.8 Å². The maximum Gasteiger partial charge on any atom is 0.257 e. The van der Waals surface area contributed by atoms with Gasteiger partial charge in [0.2, 0.25) is 16.2 Å². The highest BCUT2D eigenvalue weighted by molar-refractivity contribution is 8.01. The molecule has 0 unspecified atom stereocenters. The number of nitrogens with zero attached hydrogens (tertiary/aromatic N) is 4. The number of carbonyl (C=O) groups excluding carboxylic acids is 2. The third-order valence-electron chi connectivity index (χ3n) is 3.15. The van der Waals surface area contributed by atoms with Crippen LogP contribution in [0.3, 0.4) is 0 Å². The molecule has 2 heterocycles. The standard InChI is InChI=1S/C16H16N6O3S3/c1-3-25-11-6-4-10(5-7-11)13(24)18-15-21-22-16(28-15)26-8-12(23)17-14-20-19-9(2)27-14/h4-7H,3,8H2,1-2H3,(H,17,20,23)(H,18,21,24). The predicted octanol–water partition coefficient (Wildman–Crippen LogP) is 3.08. The van der Waals surface area contributed by atoms with Crippen molar-refractivity contribution in [1.29, 1.82) is 0 Å². The summed E-state index contributed by atoms with van der Waals surface area (Å²) in [7, 11) is 0. The lowest BCUT2D eigenvalue weighted by atomic mass is 10.2. The lowest BCUT2D eigenvalue weighted by Crippen LogP contribution is -2.13. The zero-order valence-electron chi connectivity index (χ0n) is 15.0. The zero-order chi connectivity index (χ0) is 19.9. The van der Waals surface area contributed by atoms with Gasteiger partial charge in [-0.2, -0.15) is 0 Å². The molecule has 0 saturated heterocycles. The number of carbonyl (C=O) groups is 2. The summed E-state index contributed by atoms with van der Waals surface area (Å²) in [6, 6.07) is 6.82. The van der Waals surface area contributed by atoms with Crippen LogP contribution in [0.1, 0.15) is 22.3 Å². The molecule has 2 N–H and O–H groups in total. The van der Waals surface area contributed by atoms with Gasteiger partial charge in [0, 0.05) is 5.56 Å². The molecule has 3 rings (SSSR count). The summed E-state index contributed by atoms with van der Waals surface area (Å²) in [5.74, 6) is 0.354. The van der Waals surface area contributed by atoms with E-state index in [0.29, 0.717) is 32.5 Å². The van der Waals surface area contributed by atoms with Gasteiger partial charge < -0.3 is 4.74 Å². The van der Waals surface area contributed by atoms with E-state index >= 15 is 0 Å². The fraction of sp³-hybridized carbons (Fsp3) is 0.250. The van der Waals surface area contributed by atoms with Gasteiger partial charge in [0.05, 0.1) is 12.4 Å². The molecule has 0 saturated carbocycles. The molecular formula is C16H16N6O3S3. The fourth-order valence-corrected chi connectivity index (χ4v) is 4.14. The first-order valence-corrected chi connectivity index (χ1v) is 10.8. The number of hydrogen-bond acceptors (Lipinski definition) is 10. The number of aryl methyl sites for hydroxylation is 1. The molecule has 146 valence electrons. The first-order valence-electron chi connectivity index (χ1n) is 8.14. The average Bonchev–Trinajstić information content (AvgIpc) is 3.29. The first-order chi connectivity index (χ1) is 13.5. The van der Waals surface area contributed by atoms with E-state index in [-0.39, 0.29) is 17.6 Å². The quantitative estimate of drug-likeness (QED) is 0.408. The number of anilines is 2. The van der Waals surface area contributed by atoms with Crippen LogP contribution in [0.25, 0.3) is 0 Å². The average molecular weight is 437 g/mol. The lowest BCUT2D eigenvalue weighted by molar-refractivity contribution is -0.113. The smallest absolute Gasteiger partial charge is 0.257 e. The molecule has 0 aliphatic heterocycles. The van der Waals surface area contributed by atoms with Crippen molar-refractivity contribution in [3.8, 4) is 5.75 Å². The van der Waals surface area contributed by atoms with Crippen LogP contribution in [0.4, 0.5) is 10.3 Å². The summed E-state index contributed by atoms with van der Waals surface area (Å²) in [6.07, 6.45) is 0. The molecule has 0 aliphatic carbocycles. The summed E-state index contributed by atoms with van der Waals surface area (Å²) >= 11 is 3.73. The second kappa shape index (κ2) is 9.57. The molecule has 28 heavy (non-hydrogen) atoms. The number of thioether (sulfide) groups is 1. The maximum atomic E-state index is 12.3. The summed E-state index contributed by atoms with van der Waals surface area (Å²) in [5.41, 5.74) is 0.486. The van der Waals surface area contributed by atoms with Crippen LogP contribution in [0.2, 0.25) is 0 Å². The van der Waals surface area contributed by atoms with Crippen LogP contribution < -0.4 is 15.4 Å². The second-order valence-corrected chi connectivity index (χ2v) is 8.63. The lowest BCUT2D eigenvalue weighted by Gasteiger charge is -2.04. The Hall–Kier alpha value is -2.57. The monoisotopic (exact) mass is 436 g/mol. The van der Waals surface area contributed by atoms with Gasteiger partial charge in [0.15, 0.2) is 4.34 Å². The van der Waals surface area contributed by atoms with Crippen molar-refractivity contribution in [3.63, 3.8) is 0 Å². The number of amides is 2. The molecular weight excluding hydrogens is 420 g/mol. The van der Waals surface area contributed by atoms with Gasteiger partial charge in [0.25, 0.3) is 5.91 Å². The number of benzene rings is 1. The molecule has 1 aromatic carbocycles. The minimum atomic E-state index is -0.292. The number of hydrogen-bond donors (Lipinski definition) is 2. The summed E-state index contributed by atoms with van der Waals surface area (Å²) in [4.78, 5) is 24.2. The van der Waals surface area contributed by atoms with Crippen LogP contribution in [-0.4, -0.2) is 44.6 Å². The molecule has 3 aromatic rings. The third-order valence-corrected chi connectivity index (χ3v) is 5.88. The first kappa shape index (κ1) is 20.2. The van der Waals surface area contributed by atoms with E-state index in [0.717, 1.165) is 5.01 Å². The highest BCUT2D eigenvalue weighted by Gasteiger charge is 2.13. The Kier molecular flexibility index (Phi) is 6.90. The molecule has 0 fully saturated rings. The van der Waals surface area contributed by atoms with Gasteiger partial charge in [0.1, 0.15) is 10.8 Å². The molecule has 0 bridgehead atoms. The van der Waals surface area contributed by atoms with Crippen molar-refractivity contribution in [2.45, 2.75) is 18.2 Å². The van der Waals surface area contributed by atoms with Crippen molar-refractivity contribution in [2.75, 3.05) is 23.0 Å². The molecule has 12 heteroatoms. The van der Waals surface area contributed by atoms with Crippen molar-refractivity contribution >= 4 is 56.5 Å². The van der Waals surface area contributed by atoms with Crippen LogP contribution in [-0.2, 0) is 4.79 Å². The van der Waals surface area contributed by atoms with Crippen LogP contribution in [0.5, 0.6) is 5.75 Å². The van der Waals surface area contributed by atoms with Gasteiger partial charge >= 0.3 is 0 Å². The molecule has 0 radical (unpaired) electrons. The number of rotatable bonds is 8. The van der Waals surface area contributed by atoms with Crippen LogP contribution in [0.15, 0.2) is 28.6 Å². The summed E-state index contributed by atoms with van der Waals surface area (Å²) in [5, 5.41) is 22.6. The van der Waals surface area contributed by atoms with E-state index in [4.69, 9.17) is 4.74 Å². The van der Waals surface area contributed by atoms with Gasteiger partial charge in [-0.1, -0.05) is 34.4 Å². The minimum absolute atomic E-state index is 0.153. The zero-order valence-corrected chi connectivity index (χ0v) is 17.4. The molecule has 0 spiro atoms. The van der Waals surface area contributed by atoms with Gasteiger partial charge in [-0.25, -0.2) is 0 Å². The Balaban J connectivity index is 1.49. The van der Waals surface area contributed by atoms with E-state index in [9.17, 15) is 9.59 Å². The number of aromatic nitrogens is 4. The Morgan fingerprint density at radius 2 is 1.75 bits per heavy atom. The van der Waals surface area contributed by atoms with Crippen LogP contribution >= 0.6 is 34.4 Å². The fourth-order valence-electron chi connectivity index (χ4n) is 1.99. The SMILES string of the molecule is CCOc1ccc(C(=O)Nc2nnc(SCC(=O)Nc3nnc(C)s3)s2)cc1. The van der Waals surface area contributed by atoms with Crippen molar-refractivity contribution < 1.29 is 14.3 Å². The van der Waals surface area contributed by atoms with E-state index < -0.39 is 0 Å². The Morgan fingerprint density at radius 1 is 1.04 bits per heavy atom. The minimum Gasteiger partial charge on any atom is -0.494 e. The molecule has 9 nitrogen and oxygen atoms in total. The number of ether oxygens (including phenoxy) is 1. The molecule has 2 aromatic heterocycles.